The lowest BCUT2D eigenvalue weighted by Crippen LogP contribution is -2.49. The molecule has 0 spiro atoms. The second kappa shape index (κ2) is 9.61. The van der Waals surface area contributed by atoms with E-state index in [1.54, 1.807) is 4.57 Å². The lowest BCUT2D eigenvalue weighted by Gasteiger charge is -2.38. The van der Waals surface area contributed by atoms with Crippen LogP contribution in [0.4, 0.5) is 5.69 Å². The Bertz CT molecular complexity index is 977. The number of aromatic hydroxyl groups is 2. The first-order valence-corrected chi connectivity index (χ1v) is 12.6. The first kappa shape index (κ1) is 22.6. The Morgan fingerprint density at radius 1 is 1.00 bits per heavy atom. The lowest BCUT2D eigenvalue weighted by molar-refractivity contribution is 0.0110. The molecular weight excluding hydrogens is 438 g/mol. The zero-order valence-corrected chi connectivity index (χ0v) is 20.0. The van der Waals surface area contributed by atoms with E-state index in [2.05, 4.69) is 34.9 Å². The second-order valence-electron chi connectivity index (χ2n) is 9.50. The fraction of sp³-hybridized carbons (Fsp3) is 0.538. The minimum atomic E-state index is -0.0987. The number of benzene rings is 1. The highest BCUT2D eigenvalue weighted by Gasteiger charge is 2.41. The highest BCUT2D eigenvalue weighted by molar-refractivity contribution is 6.33. The number of halogens is 1. The Morgan fingerprint density at radius 3 is 2.30 bits per heavy atom. The van der Waals surface area contributed by atoms with Gasteiger partial charge in [-0.05, 0) is 25.0 Å². The molecule has 0 saturated carbocycles. The van der Waals surface area contributed by atoms with Gasteiger partial charge in [0.15, 0.2) is 11.8 Å². The van der Waals surface area contributed by atoms with Crippen molar-refractivity contribution in [3.05, 3.63) is 52.6 Å². The lowest BCUT2D eigenvalue weighted by atomic mass is 10.0. The van der Waals surface area contributed by atoms with Gasteiger partial charge in [0.25, 0.3) is 0 Å². The zero-order chi connectivity index (χ0) is 22.9. The average Bonchev–Trinajstić information content (AvgIpc) is 3.50. The summed E-state index contributed by atoms with van der Waals surface area (Å²) in [5, 5.41) is 22.7. The van der Waals surface area contributed by atoms with E-state index in [9.17, 15) is 10.2 Å². The van der Waals surface area contributed by atoms with E-state index in [0.29, 0.717) is 13.2 Å². The third-order valence-electron chi connectivity index (χ3n) is 7.37. The molecular formula is C26H34ClN3O3. The van der Waals surface area contributed by atoms with Crippen molar-refractivity contribution in [3.8, 4) is 11.8 Å². The summed E-state index contributed by atoms with van der Waals surface area (Å²) in [5.74, 6) is 0.892. The second-order valence-corrected chi connectivity index (χ2v) is 9.91. The fourth-order valence-corrected chi connectivity index (χ4v) is 5.85. The number of anilines is 1. The maximum atomic E-state index is 10.9. The molecule has 1 aliphatic heterocycles. The van der Waals surface area contributed by atoms with Crippen molar-refractivity contribution in [1.82, 2.24) is 9.47 Å². The minimum Gasteiger partial charge on any atom is -0.494 e. The number of ether oxygens (including phenoxy) is 1. The maximum Gasteiger partial charge on any atom is 0.198 e. The summed E-state index contributed by atoms with van der Waals surface area (Å²) in [6, 6.07) is 8.01. The van der Waals surface area contributed by atoms with Gasteiger partial charge in [-0.25, -0.2) is 0 Å². The molecule has 6 nitrogen and oxygen atoms in total. The molecule has 1 fully saturated rings. The number of para-hydroxylation sites is 1. The van der Waals surface area contributed by atoms with Crippen LogP contribution in [0.5, 0.6) is 11.8 Å². The first-order valence-electron chi connectivity index (χ1n) is 12.2. The Kier molecular flexibility index (Phi) is 6.59. The minimum absolute atomic E-state index is 0.0987. The van der Waals surface area contributed by atoms with Gasteiger partial charge in [0.1, 0.15) is 0 Å². The van der Waals surface area contributed by atoms with Crippen LogP contribution in [0, 0.1) is 0 Å². The Balaban J connectivity index is 1.25. The summed E-state index contributed by atoms with van der Waals surface area (Å²) >= 11 is 6.40. The molecule has 2 heterocycles. The largest absolute Gasteiger partial charge is 0.494 e. The third-order valence-corrected chi connectivity index (χ3v) is 7.69. The zero-order valence-electron chi connectivity index (χ0n) is 19.3. The molecule has 7 heteroatoms. The van der Waals surface area contributed by atoms with Crippen LogP contribution >= 0.6 is 11.6 Å². The van der Waals surface area contributed by atoms with Gasteiger partial charge >= 0.3 is 0 Å². The number of hydrogen-bond donors (Lipinski definition) is 2. The molecule has 1 saturated heterocycles. The first-order chi connectivity index (χ1) is 16.1. The maximum absolute atomic E-state index is 10.9. The Labute approximate surface area is 201 Å². The van der Waals surface area contributed by atoms with Crippen molar-refractivity contribution in [1.29, 1.82) is 0 Å². The van der Waals surface area contributed by atoms with Crippen LogP contribution in [0.2, 0.25) is 5.02 Å². The van der Waals surface area contributed by atoms with Gasteiger partial charge in [0, 0.05) is 62.3 Å². The summed E-state index contributed by atoms with van der Waals surface area (Å²) in [4.78, 5) is 4.75. The van der Waals surface area contributed by atoms with E-state index in [0.717, 1.165) is 73.8 Å². The molecule has 0 amide bonds. The number of nitrogens with zero attached hydrogens (tertiary/aromatic N) is 3. The van der Waals surface area contributed by atoms with Gasteiger partial charge in [-0.1, -0.05) is 49.2 Å². The summed E-state index contributed by atoms with van der Waals surface area (Å²) in [6.07, 6.45) is 7.27. The van der Waals surface area contributed by atoms with E-state index in [4.69, 9.17) is 16.3 Å². The third kappa shape index (κ3) is 4.36. The predicted octanol–water partition coefficient (Wildman–Crippen LogP) is 4.70. The van der Waals surface area contributed by atoms with Crippen molar-refractivity contribution in [3.63, 3.8) is 0 Å². The number of unbranched alkanes of at least 4 members (excludes halogenated alkanes) is 1. The highest BCUT2D eigenvalue weighted by atomic mass is 35.5. The normalized spacial score (nSPS) is 22.8. The number of fused-ring (bicyclic) bond motifs is 5. The van der Waals surface area contributed by atoms with Gasteiger partial charge in [-0.3, -0.25) is 9.47 Å². The number of aromatic nitrogens is 1. The van der Waals surface area contributed by atoms with Crippen LogP contribution in [0.15, 0.2) is 36.4 Å². The van der Waals surface area contributed by atoms with Gasteiger partial charge in [-0.2, -0.15) is 0 Å². The van der Waals surface area contributed by atoms with Crippen molar-refractivity contribution < 1.29 is 14.9 Å². The molecule has 0 radical (unpaired) electrons. The van der Waals surface area contributed by atoms with Crippen molar-refractivity contribution in [2.45, 2.75) is 50.7 Å². The van der Waals surface area contributed by atoms with Crippen LogP contribution in [-0.4, -0.2) is 65.1 Å². The molecule has 2 unspecified atom stereocenters. The standard InChI is InChI=1S/C26H34ClN3O3/c1-2-3-14-33-20(16-28-10-12-29(13-11-28)22-7-5-4-6-21(22)27)17-30-25(31)23-18-8-9-19(15-18)24(23)26(30)32/h4-9,18-20,31-32H,2-3,10-17H2,1H3/t18-,19?,20?/m0/s1. The fourth-order valence-electron chi connectivity index (χ4n) is 5.59. The van der Waals surface area contributed by atoms with Crippen LogP contribution < -0.4 is 4.90 Å². The molecule has 3 aliphatic rings. The number of rotatable bonds is 9. The molecule has 2 aliphatic carbocycles. The van der Waals surface area contributed by atoms with Crippen molar-refractivity contribution in [2.75, 3.05) is 44.2 Å². The van der Waals surface area contributed by atoms with E-state index < -0.39 is 0 Å². The highest BCUT2D eigenvalue weighted by Crippen LogP contribution is 2.56. The number of allylic oxidation sites excluding steroid dienone is 2. The SMILES string of the molecule is CCCCOC(CN1CCN(c2ccccc2Cl)CC1)Cn1c(O)c2c(c1O)[C@H]1C=CC2C1. The number of piperazine rings is 1. The van der Waals surface area contributed by atoms with Crippen molar-refractivity contribution >= 4 is 17.3 Å². The van der Waals surface area contributed by atoms with Gasteiger partial charge in [0.05, 0.1) is 23.4 Å². The van der Waals surface area contributed by atoms with Gasteiger partial charge in [-0.15, -0.1) is 0 Å². The molecule has 178 valence electrons. The van der Waals surface area contributed by atoms with Crippen LogP contribution in [0.1, 0.15) is 49.1 Å². The molecule has 2 aromatic rings. The molecule has 1 aromatic carbocycles. The number of hydrogen-bond acceptors (Lipinski definition) is 5. The predicted molar refractivity (Wildman–Crippen MR) is 132 cm³/mol. The van der Waals surface area contributed by atoms with E-state index in [-0.39, 0.29) is 29.7 Å². The molecule has 2 bridgehead atoms. The van der Waals surface area contributed by atoms with E-state index in [1.165, 1.54) is 0 Å². The summed E-state index contributed by atoms with van der Waals surface area (Å²) < 4.78 is 7.94. The molecule has 2 N–H and O–H groups in total. The van der Waals surface area contributed by atoms with Gasteiger partial charge in [0.2, 0.25) is 0 Å². The van der Waals surface area contributed by atoms with Gasteiger partial charge < -0.3 is 19.8 Å². The topological polar surface area (TPSA) is 61.1 Å². The van der Waals surface area contributed by atoms with Crippen LogP contribution in [-0.2, 0) is 11.3 Å². The average molecular weight is 472 g/mol. The Hall–Kier alpha value is -2.15. The van der Waals surface area contributed by atoms with E-state index in [1.807, 2.05) is 18.2 Å². The smallest absolute Gasteiger partial charge is 0.198 e. The van der Waals surface area contributed by atoms with Crippen LogP contribution in [0.3, 0.4) is 0 Å². The molecule has 3 atom stereocenters. The van der Waals surface area contributed by atoms with E-state index >= 15 is 0 Å². The summed E-state index contributed by atoms with van der Waals surface area (Å²) in [5.41, 5.74) is 2.93. The summed E-state index contributed by atoms with van der Waals surface area (Å²) in [6.45, 7) is 7.74. The molecule has 33 heavy (non-hydrogen) atoms. The monoisotopic (exact) mass is 471 g/mol. The van der Waals surface area contributed by atoms with Crippen molar-refractivity contribution in [2.24, 2.45) is 0 Å². The Morgan fingerprint density at radius 2 is 1.67 bits per heavy atom. The summed E-state index contributed by atoms with van der Waals surface area (Å²) in [7, 11) is 0. The molecule has 1 aromatic heterocycles. The molecule has 5 rings (SSSR count). The van der Waals surface area contributed by atoms with Crippen LogP contribution in [0.25, 0.3) is 0 Å². The quantitative estimate of drug-likeness (QED) is 0.410.